The highest BCUT2D eigenvalue weighted by Crippen LogP contribution is 2.32. The van der Waals surface area contributed by atoms with E-state index in [2.05, 4.69) is 26.6 Å². The molecule has 0 amide bonds. The number of aromatic nitrogens is 2. The van der Waals surface area contributed by atoms with Gasteiger partial charge >= 0.3 is 5.97 Å². The van der Waals surface area contributed by atoms with Crippen molar-refractivity contribution in [1.29, 1.82) is 0 Å². The fourth-order valence-corrected chi connectivity index (χ4v) is 7.23. The van der Waals surface area contributed by atoms with Gasteiger partial charge in [0.2, 0.25) is 0 Å². The Morgan fingerprint density at radius 3 is 2.25 bits per heavy atom. The fraction of sp³-hybridized carbons (Fsp3) is 0.237. The van der Waals surface area contributed by atoms with Crippen molar-refractivity contribution in [3.63, 3.8) is 0 Å². The number of hydrogen-bond donors (Lipinski definition) is 0. The van der Waals surface area contributed by atoms with E-state index in [4.69, 9.17) is 19.2 Å². The molecule has 2 aromatic heterocycles. The molecule has 0 saturated carbocycles. The number of benzene rings is 3. The average molecular weight is 727 g/mol. The number of nitrogens with zero attached hydrogens (tertiary/aromatic N) is 3. The monoisotopic (exact) mass is 725 g/mol. The van der Waals surface area contributed by atoms with E-state index in [9.17, 15) is 9.59 Å². The lowest BCUT2D eigenvalue weighted by molar-refractivity contribution is -0.139. The predicted octanol–water partition coefficient (Wildman–Crippen LogP) is 6.95. The van der Waals surface area contributed by atoms with Gasteiger partial charge in [-0.2, -0.15) is 0 Å². The molecular weight excluding hydrogens is 690 g/mol. The molecule has 3 aromatic carbocycles. The van der Waals surface area contributed by atoms with E-state index in [0.29, 0.717) is 39.6 Å². The van der Waals surface area contributed by atoms with Crippen molar-refractivity contribution in [1.82, 2.24) is 9.13 Å². The van der Waals surface area contributed by atoms with Crippen molar-refractivity contribution in [2.75, 3.05) is 13.2 Å². The first-order chi connectivity index (χ1) is 23.2. The molecule has 3 heterocycles. The van der Waals surface area contributed by atoms with Gasteiger partial charge in [0.15, 0.2) is 4.80 Å². The Morgan fingerprint density at radius 2 is 1.58 bits per heavy atom. The Labute approximate surface area is 291 Å². The van der Waals surface area contributed by atoms with Crippen molar-refractivity contribution in [3.8, 4) is 17.2 Å². The quantitative estimate of drug-likeness (QED) is 0.146. The molecule has 0 bridgehead atoms. The first kappa shape index (κ1) is 33.2. The van der Waals surface area contributed by atoms with Crippen LogP contribution in [-0.2, 0) is 16.1 Å². The van der Waals surface area contributed by atoms with Gasteiger partial charge in [0, 0.05) is 21.5 Å². The standard InChI is InChI=1S/C38H36BrN3O5S/c1-6-45-31-16-10-27(11-17-31)35-34(37(44)46-7-2)24(4)40-38-42(35)36(43)33(48-38)21-28-20-23(3)41(25(28)5)30-14-18-32(19-15-30)47-22-26-8-12-29(39)13-9-26/h8-21,35H,6-7,22H2,1-5H3/b33-21-/t35-/m0/s1. The predicted molar refractivity (Wildman–Crippen MR) is 192 cm³/mol. The summed E-state index contributed by atoms with van der Waals surface area (Å²) in [6.45, 7) is 10.8. The number of esters is 1. The van der Waals surface area contributed by atoms with Crippen LogP contribution in [0.1, 0.15) is 54.9 Å². The molecule has 0 saturated heterocycles. The zero-order valence-corrected chi connectivity index (χ0v) is 29.9. The molecule has 0 N–H and O–H groups in total. The summed E-state index contributed by atoms with van der Waals surface area (Å²) in [5.41, 5.74) is 6.46. The molecule has 1 aliphatic rings. The van der Waals surface area contributed by atoms with Crippen LogP contribution in [0.4, 0.5) is 0 Å². The average Bonchev–Trinajstić information content (AvgIpc) is 3.53. The molecule has 48 heavy (non-hydrogen) atoms. The van der Waals surface area contributed by atoms with Gasteiger partial charge in [0.05, 0.1) is 35.1 Å². The summed E-state index contributed by atoms with van der Waals surface area (Å²) in [6.07, 6.45) is 1.91. The second-order valence-corrected chi connectivity index (χ2v) is 13.3. The summed E-state index contributed by atoms with van der Waals surface area (Å²) in [5, 5.41) is 0. The molecule has 6 rings (SSSR count). The van der Waals surface area contributed by atoms with E-state index in [-0.39, 0.29) is 12.2 Å². The molecule has 0 unspecified atom stereocenters. The smallest absolute Gasteiger partial charge is 0.338 e. The first-order valence-corrected chi connectivity index (χ1v) is 17.4. The van der Waals surface area contributed by atoms with E-state index in [1.165, 1.54) is 11.3 Å². The third-order valence-electron chi connectivity index (χ3n) is 8.19. The number of rotatable bonds is 10. The van der Waals surface area contributed by atoms with Gasteiger partial charge in [0.25, 0.3) is 5.56 Å². The van der Waals surface area contributed by atoms with Crippen LogP contribution in [0.5, 0.6) is 11.5 Å². The van der Waals surface area contributed by atoms with Crippen LogP contribution in [0.25, 0.3) is 11.8 Å². The minimum atomic E-state index is -0.685. The second-order valence-electron chi connectivity index (χ2n) is 11.4. The fourth-order valence-electron chi connectivity index (χ4n) is 5.93. The van der Waals surface area contributed by atoms with Crippen molar-refractivity contribution < 1.29 is 19.0 Å². The maximum Gasteiger partial charge on any atom is 0.338 e. The Bertz CT molecular complexity index is 2180. The minimum Gasteiger partial charge on any atom is -0.494 e. The lowest BCUT2D eigenvalue weighted by Gasteiger charge is -2.24. The molecule has 8 nitrogen and oxygen atoms in total. The maximum atomic E-state index is 14.2. The van der Waals surface area contributed by atoms with E-state index >= 15 is 0 Å². The Balaban J connectivity index is 1.34. The number of carbonyl (C=O) groups is 1. The molecule has 1 aliphatic heterocycles. The summed E-state index contributed by atoms with van der Waals surface area (Å²) in [4.78, 5) is 32.6. The number of aryl methyl sites for hydroxylation is 1. The van der Waals surface area contributed by atoms with E-state index in [0.717, 1.165) is 44.0 Å². The number of fused-ring (bicyclic) bond motifs is 1. The van der Waals surface area contributed by atoms with Crippen LogP contribution >= 0.6 is 27.3 Å². The van der Waals surface area contributed by atoms with Crippen molar-refractivity contribution >= 4 is 39.3 Å². The van der Waals surface area contributed by atoms with Crippen LogP contribution in [0.2, 0.25) is 0 Å². The SMILES string of the molecule is CCOC(=O)C1=C(C)N=c2s/c(=C\c3cc(C)n(-c4ccc(OCc5ccc(Br)cc5)cc4)c3C)c(=O)n2[C@H]1c1ccc(OCC)cc1. The largest absolute Gasteiger partial charge is 0.494 e. The number of allylic oxidation sites excluding steroid dienone is 1. The summed E-state index contributed by atoms with van der Waals surface area (Å²) in [6, 6.07) is 24.9. The maximum absolute atomic E-state index is 14.2. The number of hydrogen-bond acceptors (Lipinski definition) is 7. The zero-order valence-electron chi connectivity index (χ0n) is 27.5. The summed E-state index contributed by atoms with van der Waals surface area (Å²) >= 11 is 4.78. The Morgan fingerprint density at radius 1 is 0.917 bits per heavy atom. The van der Waals surface area contributed by atoms with Gasteiger partial charge in [-0.05, 0) is 112 Å². The summed E-state index contributed by atoms with van der Waals surface area (Å²) in [7, 11) is 0. The second kappa shape index (κ2) is 14.2. The van der Waals surface area contributed by atoms with E-state index < -0.39 is 12.0 Å². The van der Waals surface area contributed by atoms with Gasteiger partial charge in [-0.3, -0.25) is 9.36 Å². The molecule has 0 fully saturated rings. The van der Waals surface area contributed by atoms with Crippen LogP contribution < -0.4 is 24.4 Å². The molecule has 10 heteroatoms. The third-order valence-corrected chi connectivity index (χ3v) is 9.71. The van der Waals surface area contributed by atoms with Crippen LogP contribution in [-0.4, -0.2) is 28.3 Å². The molecule has 0 spiro atoms. The lowest BCUT2D eigenvalue weighted by Crippen LogP contribution is -2.39. The summed E-state index contributed by atoms with van der Waals surface area (Å²) < 4.78 is 22.4. The molecule has 0 aliphatic carbocycles. The molecule has 0 radical (unpaired) electrons. The topological polar surface area (TPSA) is 84.0 Å². The molecule has 1 atom stereocenters. The number of thiazole rings is 1. The van der Waals surface area contributed by atoms with Gasteiger partial charge in [-0.25, -0.2) is 9.79 Å². The number of carbonyl (C=O) groups excluding carboxylic acids is 1. The van der Waals surface area contributed by atoms with Gasteiger partial charge in [-0.1, -0.05) is 51.5 Å². The number of halogens is 1. The molecule has 5 aromatic rings. The van der Waals surface area contributed by atoms with Gasteiger partial charge < -0.3 is 18.8 Å². The summed E-state index contributed by atoms with van der Waals surface area (Å²) in [5.74, 6) is 1.01. The van der Waals surface area contributed by atoms with Gasteiger partial charge in [0.1, 0.15) is 18.1 Å². The Kier molecular flexibility index (Phi) is 9.84. The van der Waals surface area contributed by atoms with E-state index in [1.54, 1.807) is 18.4 Å². The van der Waals surface area contributed by atoms with Crippen LogP contribution in [0, 0.1) is 13.8 Å². The van der Waals surface area contributed by atoms with E-state index in [1.807, 2.05) is 99.6 Å². The van der Waals surface area contributed by atoms with Crippen LogP contribution in [0.3, 0.4) is 0 Å². The van der Waals surface area contributed by atoms with Gasteiger partial charge in [-0.15, -0.1) is 0 Å². The highest BCUT2D eigenvalue weighted by molar-refractivity contribution is 9.10. The number of ether oxygens (including phenoxy) is 3. The lowest BCUT2D eigenvalue weighted by atomic mass is 9.96. The first-order valence-electron chi connectivity index (χ1n) is 15.8. The zero-order chi connectivity index (χ0) is 33.9. The molecule has 246 valence electrons. The highest BCUT2D eigenvalue weighted by atomic mass is 79.9. The van der Waals surface area contributed by atoms with Crippen LogP contribution in [0.15, 0.2) is 104 Å². The van der Waals surface area contributed by atoms with Crippen molar-refractivity contribution in [2.45, 2.75) is 47.3 Å². The third kappa shape index (κ3) is 6.68. The highest BCUT2D eigenvalue weighted by Gasteiger charge is 2.33. The molecular formula is C38H36BrN3O5S. The Hall–Kier alpha value is -4.67. The normalized spacial score (nSPS) is 14.5. The van der Waals surface area contributed by atoms with Crippen molar-refractivity contribution in [3.05, 3.63) is 142 Å². The minimum absolute atomic E-state index is 0.216. The van der Waals surface area contributed by atoms with Crippen molar-refractivity contribution in [2.24, 2.45) is 4.99 Å².